The molecular formula is C18H17F3N2O4. The number of alkyl halides is 3. The Kier molecular flexibility index (Phi) is 4.95. The third kappa shape index (κ3) is 4.12. The van der Waals surface area contributed by atoms with E-state index in [1.807, 2.05) is 12.2 Å². The molecule has 3 rings (SSSR count). The van der Waals surface area contributed by atoms with Crippen LogP contribution >= 0.6 is 0 Å². The fourth-order valence-electron chi connectivity index (χ4n) is 3.76. The van der Waals surface area contributed by atoms with E-state index in [9.17, 15) is 32.7 Å². The van der Waals surface area contributed by atoms with Gasteiger partial charge in [-0.1, -0.05) is 18.2 Å². The number of rotatable bonds is 5. The Morgan fingerprint density at radius 2 is 1.78 bits per heavy atom. The van der Waals surface area contributed by atoms with Gasteiger partial charge in [-0.05, 0) is 36.5 Å². The average molecular weight is 382 g/mol. The van der Waals surface area contributed by atoms with Crippen LogP contribution in [0.25, 0.3) is 0 Å². The second-order valence-electron chi connectivity index (χ2n) is 6.71. The molecule has 2 bridgehead atoms. The van der Waals surface area contributed by atoms with Gasteiger partial charge in [-0.3, -0.25) is 14.4 Å². The van der Waals surface area contributed by atoms with Crippen LogP contribution in [-0.4, -0.2) is 35.6 Å². The number of anilines is 1. The molecule has 0 aromatic heterocycles. The summed E-state index contributed by atoms with van der Waals surface area (Å²) in [5.41, 5.74) is 0.176. The first-order chi connectivity index (χ1) is 12.7. The number of hydrogen-bond acceptors (Lipinski definition) is 3. The maximum absolute atomic E-state index is 12.6. The van der Waals surface area contributed by atoms with Crippen LogP contribution in [0.4, 0.5) is 18.9 Å². The largest absolute Gasteiger partial charge is 0.481 e. The van der Waals surface area contributed by atoms with Gasteiger partial charge in [0.15, 0.2) is 0 Å². The molecule has 4 atom stereocenters. The summed E-state index contributed by atoms with van der Waals surface area (Å²) in [6.07, 6.45) is -0.258. The summed E-state index contributed by atoms with van der Waals surface area (Å²) in [5, 5.41) is 13.7. The van der Waals surface area contributed by atoms with Crippen molar-refractivity contribution in [2.45, 2.75) is 12.6 Å². The number of carbonyl (C=O) groups excluding carboxylic acids is 2. The van der Waals surface area contributed by atoms with Crippen molar-refractivity contribution in [3.8, 4) is 0 Å². The summed E-state index contributed by atoms with van der Waals surface area (Å²) in [4.78, 5) is 35.9. The third-order valence-corrected chi connectivity index (χ3v) is 4.89. The van der Waals surface area contributed by atoms with Crippen molar-refractivity contribution in [3.05, 3.63) is 42.0 Å². The van der Waals surface area contributed by atoms with Crippen LogP contribution < -0.4 is 10.6 Å². The van der Waals surface area contributed by atoms with Crippen molar-refractivity contribution in [1.29, 1.82) is 0 Å². The van der Waals surface area contributed by atoms with Gasteiger partial charge in [-0.2, -0.15) is 13.2 Å². The quantitative estimate of drug-likeness (QED) is 0.682. The van der Waals surface area contributed by atoms with Crippen LogP contribution in [0.1, 0.15) is 16.8 Å². The van der Waals surface area contributed by atoms with Gasteiger partial charge in [0.1, 0.15) is 6.54 Å². The van der Waals surface area contributed by atoms with E-state index in [-0.39, 0.29) is 23.1 Å². The smallest absolute Gasteiger partial charge is 0.405 e. The van der Waals surface area contributed by atoms with E-state index in [0.717, 1.165) is 0 Å². The van der Waals surface area contributed by atoms with Crippen LogP contribution in [0.3, 0.4) is 0 Å². The van der Waals surface area contributed by atoms with Gasteiger partial charge in [-0.25, -0.2) is 0 Å². The molecule has 27 heavy (non-hydrogen) atoms. The Labute approximate surface area is 152 Å². The van der Waals surface area contributed by atoms with Gasteiger partial charge >= 0.3 is 12.1 Å². The van der Waals surface area contributed by atoms with E-state index < -0.39 is 42.3 Å². The van der Waals surface area contributed by atoms with Crippen molar-refractivity contribution >= 4 is 23.5 Å². The minimum Gasteiger partial charge on any atom is -0.481 e. The fraction of sp³-hybridized carbons (Fsp3) is 0.389. The van der Waals surface area contributed by atoms with Gasteiger partial charge in [0.25, 0.3) is 5.91 Å². The first-order valence-corrected chi connectivity index (χ1v) is 8.33. The number of fused-ring (bicyclic) bond motifs is 2. The monoisotopic (exact) mass is 382 g/mol. The Morgan fingerprint density at radius 3 is 2.41 bits per heavy atom. The number of allylic oxidation sites excluding steroid dienone is 2. The summed E-state index contributed by atoms with van der Waals surface area (Å²) in [5.74, 6) is -4.30. The zero-order valence-corrected chi connectivity index (χ0v) is 14.0. The van der Waals surface area contributed by atoms with E-state index in [0.29, 0.717) is 6.42 Å². The van der Waals surface area contributed by atoms with Crippen molar-refractivity contribution < 1.29 is 32.7 Å². The first kappa shape index (κ1) is 18.9. The van der Waals surface area contributed by atoms with Crippen LogP contribution in [0.2, 0.25) is 0 Å². The molecule has 0 aliphatic heterocycles. The van der Waals surface area contributed by atoms with Gasteiger partial charge in [0, 0.05) is 11.3 Å². The molecule has 9 heteroatoms. The second kappa shape index (κ2) is 7.05. The first-order valence-electron chi connectivity index (χ1n) is 8.33. The molecule has 2 amide bonds. The molecule has 0 saturated heterocycles. The average Bonchev–Trinajstić information content (AvgIpc) is 3.20. The normalized spacial score (nSPS) is 26.0. The number of benzene rings is 1. The lowest BCUT2D eigenvalue weighted by Gasteiger charge is -2.24. The Hall–Kier alpha value is -2.84. The summed E-state index contributed by atoms with van der Waals surface area (Å²) < 4.78 is 36.6. The number of aliphatic carboxylic acids is 1. The molecule has 1 saturated carbocycles. The maximum Gasteiger partial charge on any atom is 0.405 e. The molecule has 1 aromatic carbocycles. The predicted octanol–water partition coefficient (Wildman–Crippen LogP) is 2.44. The number of carboxylic acid groups (broad SMARTS) is 1. The summed E-state index contributed by atoms with van der Waals surface area (Å²) in [7, 11) is 0. The number of hydrogen-bond donors (Lipinski definition) is 3. The van der Waals surface area contributed by atoms with E-state index in [1.54, 1.807) is 5.32 Å². The van der Waals surface area contributed by atoms with E-state index in [1.165, 1.54) is 24.3 Å². The standard InChI is InChI=1S/C18H17F3N2O4/c19-18(20,21)8-22-15(24)11-2-1-3-12(7-11)23-16(25)13-9-4-5-10(6-9)14(13)17(26)27/h1-5,7,9-10,13-14H,6,8H2,(H,22,24)(H,23,25)(H,26,27). The summed E-state index contributed by atoms with van der Waals surface area (Å²) in [6.45, 7) is -1.46. The SMILES string of the molecule is O=C(NCC(F)(F)F)c1cccc(NC(=O)C2C3C=CC(C3)C2C(=O)O)c1. The molecule has 144 valence electrons. The second-order valence-corrected chi connectivity index (χ2v) is 6.71. The number of carboxylic acids is 1. The fourth-order valence-corrected chi connectivity index (χ4v) is 3.76. The van der Waals surface area contributed by atoms with Crippen LogP contribution in [-0.2, 0) is 9.59 Å². The highest BCUT2D eigenvalue weighted by Crippen LogP contribution is 2.48. The van der Waals surface area contributed by atoms with Gasteiger partial charge in [0.05, 0.1) is 11.8 Å². The van der Waals surface area contributed by atoms with E-state index >= 15 is 0 Å². The Balaban J connectivity index is 1.69. The summed E-state index contributed by atoms with van der Waals surface area (Å²) in [6, 6.07) is 5.48. The molecule has 0 spiro atoms. The number of nitrogens with one attached hydrogen (secondary N) is 2. The molecule has 1 aromatic rings. The lowest BCUT2D eigenvalue weighted by atomic mass is 9.82. The lowest BCUT2D eigenvalue weighted by molar-refractivity contribution is -0.146. The van der Waals surface area contributed by atoms with Crippen molar-refractivity contribution in [2.24, 2.45) is 23.7 Å². The van der Waals surface area contributed by atoms with Gasteiger partial charge in [0.2, 0.25) is 5.91 Å². The molecule has 2 aliphatic rings. The highest BCUT2D eigenvalue weighted by atomic mass is 19.4. The van der Waals surface area contributed by atoms with E-state index in [4.69, 9.17) is 0 Å². The van der Waals surface area contributed by atoms with Crippen molar-refractivity contribution in [1.82, 2.24) is 5.32 Å². The predicted molar refractivity (Wildman–Crippen MR) is 88.8 cm³/mol. The molecule has 6 nitrogen and oxygen atoms in total. The molecular weight excluding hydrogens is 365 g/mol. The number of halogens is 3. The Bertz CT molecular complexity index is 806. The topological polar surface area (TPSA) is 95.5 Å². The number of carbonyl (C=O) groups is 3. The highest BCUT2D eigenvalue weighted by Gasteiger charge is 2.51. The maximum atomic E-state index is 12.6. The van der Waals surface area contributed by atoms with Crippen LogP contribution in [0, 0.1) is 23.7 Å². The molecule has 1 fully saturated rings. The molecule has 0 radical (unpaired) electrons. The zero-order valence-electron chi connectivity index (χ0n) is 14.0. The van der Waals surface area contributed by atoms with Gasteiger partial charge < -0.3 is 15.7 Å². The highest BCUT2D eigenvalue weighted by molar-refractivity contribution is 5.99. The minimum atomic E-state index is -4.53. The lowest BCUT2D eigenvalue weighted by Crippen LogP contribution is -2.36. The van der Waals surface area contributed by atoms with Crippen LogP contribution in [0.5, 0.6) is 0 Å². The van der Waals surface area contributed by atoms with Gasteiger partial charge in [-0.15, -0.1) is 0 Å². The van der Waals surface area contributed by atoms with E-state index in [2.05, 4.69) is 5.32 Å². The third-order valence-electron chi connectivity index (χ3n) is 4.89. The molecule has 3 N–H and O–H groups in total. The minimum absolute atomic E-state index is 0.0420. The molecule has 2 aliphatic carbocycles. The number of amides is 2. The molecule has 4 unspecified atom stereocenters. The Morgan fingerprint density at radius 1 is 1.11 bits per heavy atom. The van der Waals surface area contributed by atoms with Crippen LogP contribution in [0.15, 0.2) is 36.4 Å². The molecule has 0 heterocycles. The zero-order chi connectivity index (χ0) is 19.8. The van der Waals surface area contributed by atoms with Crippen molar-refractivity contribution in [3.63, 3.8) is 0 Å². The summed E-state index contributed by atoms with van der Waals surface area (Å²) >= 11 is 0. The van der Waals surface area contributed by atoms with Crippen molar-refractivity contribution in [2.75, 3.05) is 11.9 Å².